The van der Waals surface area contributed by atoms with E-state index < -0.39 is 64.8 Å². The van der Waals surface area contributed by atoms with Gasteiger partial charge in [0.15, 0.2) is 5.69 Å². The lowest BCUT2D eigenvalue weighted by molar-refractivity contribution is 0.0147. The summed E-state index contributed by atoms with van der Waals surface area (Å²) in [5, 5.41) is 19.9. The molecular formula is C22H19F3N6O4. The van der Waals surface area contributed by atoms with Gasteiger partial charge < -0.3 is 15.0 Å². The number of aromatic amines is 1. The topological polar surface area (TPSA) is 141 Å². The van der Waals surface area contributed by atoms with Crippen LogP contribution in [0.4, 0.5) is 13.2 Å². The van der Waals surface area contributed by atoms with Crippen LogP contribution in [0.3, 0.4) is 0 Å². The minimum atomic E-state index is -3.35. The molecule has 0 spiro atoms. The first kappa shape index (κ1) is 24.0. The molecule has 0 aliphatic carbocycles. The second-order valence-electron chi connectivity index (χ2n) is 8.13. The number of H-pyrrole nitrogens is 1. The van der Waals surface area contributed by atoms with Crippen molar-refractivity contribution < 1.29 is 27.9 Å². The fourth-order valence-corrected chi connectivity index (χ4v) is 3.80. The molecule has 1 aromatic carbocycles. The van der Waals surface area contributed by atoms with Gasteiger partial charge in [0.2, 0.25) is 11.5 Å². The van der Waals surface area contributed by atoms with E-state index in [2.05, 4.69) is 25.5 Å². The van der Waals surface area contributed by atoms with Crippen LogP contribution in [0, 0.1) is 5.82 Å². The SMILES string of the molecule is CN(Cc1ccc(F)cc1)C(=O)c1nc([C@]2(C(=O)c3cccnn3)CC(F)(F)CN2)[nH]c(=O)c1O. The number of carbonyl (C=O) groups excluding carboxylic acids is 2. The molecule has 182 valence electrons. The summed E-state index contributed by atoms with van der Waals surface area (Å²) < 4.78 is 41.8. The second kappa shape index (κ2) is 8.91. The highest BCUT2D eigenvalue weighted by atomic mass is 19.3. The van der Waals surface area contributed by atoms with Gasteiger partial charge in [-0.05, 0) is 29.8 Å². The molecule has 0 saturated carbocycles. The Bertz CT molecular complexity index is 1330. The zero-order valence-corrected chi connectivity index (χ0v) is 18.3. The van der Waals surface area contributed by atoms with Crippen LogP contribution in [-0.2, 0) is 12.1 Å². The van der Waals surface area contributed by atoms with Gasteiger partial charge in [0.05, 0.1) is 6.54 Å². The van der Waals surface area contributed by atoms with Crippen LogP contribution in [0.2, 0.25) is 0 Å². The quantitative estimate of drug-likeness (QED) is 0.442. The highest BCUT2D eigenvalue weighted by Gasteiger charge is 2.57. The van der Waals surface area contributed by atoms with Gasteiger partial charge in [-0.15, -0.1) is 5.10 Å². The Morgan fingerprint density at radius 3 is 2.51 bits per heavy atom. The van der Waals surface area contributed by atoms with Crippen molar-refractivity contribution in [1.82, 2.24) is 30.4 Å². The monoisotopic (exact) mass is 488 g/mol. The third kappa shape index (κ3) is 4.62. The lowest BCUT2D eigenvalue weighted by atomic mass is 9.88. The Morgan fingerprint density at radius 1 is 1.20 bits per heavy atom. The average Bonchev–Trinajstić information content (AvgIpc) is 3.18. The zero-order valence-electron chi connectivity index (χ0n) is 18.3. The van der Waals surface area contributed by atoms with Crippen LogP contribution in [0.25, 0.3) is 0 Å². The number of nitrogens with one attached hydrogen (secondary N) is 2. The largest absolute Gasteiger partial charge is 0.501 e. The number of alkyl halides is 2. The third-order valence-corrected chi connectivity index (χ3v) is 5.55. The van der Waals surface area contributed by atoms with E-state index in [9.17, 15) is 32.7 Å². The van der Waals surface area contributed by atoms with E-state index in [-0.39, 0.29) is 12.2 Å². The molecule has 0 bridgehead atoms. The molecule has 3 heterocycles. The Labute approximate surface area is 195 Å². The number of nitrogens with zero attached hydrogens (tertiary/aromatic N) is 4. The molecule has 2 aromatic heterocycles. The van der Waals surface area contributed by atoms with Crippen molar-refractivity contribution in [2.24, 2.45) is 0 Å². The second-order valence-corrected chi connectivity index (χ2v) is 8.13. The normalized spacial score (nSPS) is 18.9. The van der Waals surface area contributed by atoms with Crippen molar-refractivity contribution in [1.29, 1.82) is 0 Å². The number of rotatable bonds is 6. The van der Waals surface area contributed by atoms with Gasteiger partial charge in [-0.25, -0.2) is 18.2 Å². The van der Waals surface area contributed by atoms with E-state index in [1.54, 1.807) is 0 Å². The van der Waals surface area contributed by atoms with Crippen LogP contribution in [0.5, 0.6) is 5.75 Å². The molecule has 3 N–H and O–H groups in total. The van der Waals surface area contributed by atoms with Gasteiger partial charge >= 0.3 is 0 Å². The van der Waals surface area contributed by atoms with Gasteiger partial charge in [-0.3, -0.25) is 19.7 Å². The minimum Gasteiger partial charge on any atom is -0.501 e. The number of benzene rings is 1. The van der Waals surface area contributed by atoms with Crippen LogP contribution in [-0.4, -0.2) is 61.4 Å². The summed E-state index contributed by atoms with van der Waals surface area (Å²) in [6.07, 6.45) is 0.205. The molecule has 3 aromatic rings. The minimum absolute atomic E-state index is 0.0393. The molecule has 4 rings (SSSR count). The lowest BCUT2D eigenvalue weighted by Crippen LogP contribution is -2.48. The maximum Gasteiger partial charge on any atom is 0.294 e. The van der Waals surface area contributed by atoms with Crippen LogP contribution in [0.1, 0.15) is 38.8 Å². The standard InChI is InChI=1S/C22H19F3N6O4/c1-31(9-12-4-6-13(23)7-5-12)19(35)15-16(32)18(34)29-20(28-15)22(10-21(24,25)11-26-22)17(33)14-3-2-8-27-30-14/h2-8,26,32H,9-11H2,1H3,(H,28,29,34)/t22-/m1/s1. The van der Waals surface area contributed by atoms with Gasteiger partial charge in [0.1, 0.15) is 22.9 Å². The predicted octanol–water partition coefficient (Wildman–Crippen LogP) is 1.38. The number of Topliss-reactive ketones (excluding diaryl/α,β-unsaturated/α-hetero) is 1. The summed E-state index contributed by atoms with van der Waals surface area (Å²) in [6.45, 7) is -0.945. The number of amides is 1. The highest BCUT2D eigenvalue weighted by Crippen LogP contribution is 2.40. The molecule has 1 amide bonds. The van der Waals surface area contributed by atoms with Gasteiger partial charge in [0, 0.05) is 26.2 Å². The first-order valence-electron chi connectivity index (χ1n) is 10.3. The number of halogens is 3. The molecule has 1 saturated heterocycles. The number of aromatic hydroxyl groups is 1. The van der Waals surface area contributed by atoms with Crippen molar-refractivity contribution >= 4 is 11.7 Å². The number of ketones is 1. The Hall–Kier alpha value is -4.13. The Balaban J connectivity index is 1.76. The summed E-state index contributed by atoms with van der Waals surface area (Å²) >= 11 is 0. The van der Waals surface area contributed by atoms with Crippen LogP contribution >= 0.6 is 0 Å². The molecule has 1 aliphatic heterocycles. The molecule has 10 nitrogen and oxygen atoms in total. The number of hydrogen-bond donors (Lipinski definition) is 3. The fraction of sp³-hybridized carbons (Fsp3) is 0.273. The smallest absolute Gasteiger partial charge is 0.294 e. The van der Waals surface area contributed by atoms with E-state index >= 15 is 0 Å². The number of aromatic nitrogens is 4. The molecule has 0 unspecified atom stereocenters. The molecule has 35 heavy (non-hydrogen) atoms. The summed E-state index contributed by atoms with van der Waals surface area (Å²) in [7, 11) is 1.34. The van der Waals surface area contributed by atoms with E-state index in [0.717, 1.165) is 4.90 Å². The van der Waals surface area contributed by atoms with Crippen LogP contribution < -0.4 is 10.9 Å². The molecule has 1 aliphatic rings. The van der Waals surface area contributed by atoms with Crippen molar-refractivity contribution in [3.8, 4) is 5.75 Å². The van der Waals surface area contributed by atoms with Crippen molar-refractivity contribution in [3.63, 3.8) is 0 Å². The van der Waals surface area contributed by atoms with Gasteiger partial charge in [-0.2, -0.15) is 5.10 Å². The first-order valence-corrected chi connectivity index (χ1v) is 10.3. The number of carbonyl (C=O) groups is 2. The van der Waals surface area contributed by atoms with E-state index in [0.29, 0.717) is 5.56 Å². The third-order valence-electron chi connectivity index (χ3n) is 5.55. The molecule has 13 heteroatoms. The average molecular weight is 488 g/mol. The van der Waals surface area contributed by atoms with Crippen LogP contribution in [0.15, 0.2) is 47.4 Å². The zero-order chi connectivity index (χ0) is 25.4. The number of hydrogen-bond acceptors (Lipinski definition) is 8. The fourth-order valence-electron chi connectivity index (χ4n) is 3.80. The summed E-state index contributed by atoms with van der Waals surface area (Å²) in [5.74, 6) is -7.32. The maximum atomic E-state index is 14.3. The maximum absolute atomic E-state index is 14.3. The summed E-state index contributed by atoms with van der Waals surface area (Å²) in [4.78, 5) is 46.0. The Kier molecular flexibility index (Phi) is 6.11. The van der Waals surface area contributed by atoms with Crippen molar-refractivity contribution in [2.45, 2.75) is 24.4 Å². The highest BCUT2D eigenvalue weighted by molar-refractivity contribution is 6.02. The molecule has 1 fully saturated rings. The molecule has 0 radical (unpaired) electrons. The lowest BCUT2D eigenvalue weighted by Gasteiger charge is -2.27. The Morgan fingerprint density at radius 2 is 1.91 bits per heavy atom. The molecular weight excluding hydrogens is 469 g/mol. The first-order chi connectivity index (χ1) is 16.5. The van der Waals surface area contributed by atoms with Crippen molar-refractivity contribution in [3.05, 3.63) is 81.5 Å². The predicted molar refractivity (Wildman–Crippen MR) is 114 cm³/mol. The summed E-state index contributed by atoms with van der Waals surface area (Å²) in [5.41, 5.74) is -3.90. The molecule has 1 atom stereocenters. The summed E-state index contributed by atoms with van der Waals surface area (Å²) in [6, 6.07) is 7.91. The van der Waals surface area contributed by atoms with E-state index in [4.69, 9.17) is 0 Å². The van der Waals surface area contributed by atoms with Gasteiger partial charge in [-0.1, -0.05) is 12.1 Å². The van der Waals surface area contributed by atoms with Gasteiger partial charge in [0.25, 0.3) is 17.4 Å². The van der Waals surface area contributed by atoms with E-state index in [1.807, 2.05) is 0 Å². The van der Waals surface area contributed by atoms with E-state index in [1.165, 1.54) is 49.6 Å². The van der Waals surface area contributed by atoms with Crippen molar-refractivity contribution in [2.75, 3.05) is 13.6 Å².